The minimum absolute atomic E-state index is 0.0256. The van der Waals surface area contributed by atoms with Crippen molar-refractivity contribution < 1.29 is 19.0 Å². The first-order valence-electron chi connectivity index (χ1n) is 9.96. The lowest BCUT2D eigenvalue weighted by atomic mass is 10.2. The number of aryl methyl sites for hydroxylation is 1. The fraction of sp³-hybridized carbons (Fsp3) is 0.217. The maximum absolute atomic E-state index is 12.1. The molecule has 0 fully saturated rings. The summed E-state index contributed by atoms with van der Waals surface area (Å²) in [6, 6.07) is 13.1. The van der Waals surface area contributed by atoms with E-state index in [2.05, 4.69) is 20.3 Å². The summed E-state index contributed by atoms with van der Waals surface area (Å²) in [5.41, 5.74) is 8.46. The molecule has 166 valence electrons. The van der Waals surface area contributed by atoms with Crippen molar-refractivity contribution in [3.05, 3.63) is 65.5 Å². The van der Waals surface area contributed by atoms with Crippen LogP contribution in [0.5, 0.6) is 11.5 Å². The molecule has 32 heavy (non-hydrogen) atoms. The average Bonchev–Trinajstić information content (AvgIpc) is 2.78. The van der Waals surface area contributed by atoms with Crippen molar-refractivity contribution in [2.75, 3.05) is 24.8 Å². The molecule has 3 rings (SSSR count). The van der Waals surface area contributed by atoms with Crippen LogP contribution in [0.4, 0.5) is 17.6 Å². The molecule has 0 atom stereocenters. The van der Waals surface area contributed by atoms with Crippen molar-refractivity contribution in [1.29, 1.82) is 0 Å². The van der Waals surface area contributed by atoms with Gasteiger partial charge in [-0.05, 0) is 49.8 Å². The largest absolute Gasteiger partial charge is 0.493 e. The van der Waals surface area contributed by atoms with Crippen LogP contribution in [-0.2, 0) is 16.1 Å². The van der Waals surface area contributed by atoms with Gasteiger partial charge < -0.3 is 25.3 Å². The number of anilines is 3. The van der Waals surface area contributed by atoms with Crippen molar-refractivity contribution in [3.63, 3.8) is 0 Å². The Kier molecular flexibility index (Phi) is 7.58. The van der Waals surface area contributed by atoms with Crippen LogP contribution in [0.1, 0.15) is 23.9 Å². The molecule has 0 saturated carbocycles. The Morgan fingerprint density at radius 2 is 1.88 bits per heavy atom. The van der Waals surface area contributed by atoms with Crippen LogP contribution in [0, 0.1) is 6.92 Å². The fourth-order valence-corrected chi connectivity index (χ4v) is 2.74. The molecular formula is C23H25N5O4. The lowest BCUT2D eigenvalue weighted by Gasteiger charge is -2.09. The first kappa shape index (κ1) is 22.5. The van der Waals surface area contributed by atoms with E-state index in [1.807, 2.05) is 44.2 Å². The summed E-state index contributed by atoms with van der Waals surface area (Å²) in [6.07, 6.45) is 2.93. The van der Waals surface area contributed by atoms with E-state index >= 15 is 0 Å². The molecular weight excluding hydrogens is 410 g/mol. The van der Waals surface area contributed by atoms with Crippen molar-refractivity contribution in [3.8, 4) is 11.5 Å². The van der Waals surface area contributed by atoms with Gasteiger partial charge >= 0.3 is 5.97 Å². The summed E-state index contributed by atoms with van der Waals surface area (Å²) >= 11 is 0. The SMILES string of the molecule is CCOc1ccc(/C=C/C(=O)OCc2nc(N)nc(Nc3ccc(C)cc3)n2)cc1OC. The highest BCUT2D eigenvalue weighted by atomic mass is 16.5. The normalized spacial score (nSPS) is 10.7. The van der Waals surface area contributed by atoms with Crippen LogP contribution >= 0.6 is 0 Å². The molecule has 0 amide bonds. The van der Waals surface area contributed by atoms with Gasteiger partial charge in [0, 0.05) is 11.8 Å². The van der Waals surface area contributed by atoms with E-state index in [1.165, 1.54) is 6.08 Å². The number of esters is 1. The predicted octanol–water partition coefficient (Wildman–Crippen LogP) is 3.67. The highest BCUT2D eigenvalue weighted by Crippen LogP contribution is 2.28. The molecule has 1 heterocycles. The second kappa shape index (κ2) is 10.8. The minimum Gasteiger partial charge on any atom is -0.493 e. The van der Waals surface area contributed by atoms with Crippen LogP contribution in [0.25, 0.3) is 6.08 Å². The van der Waals surface area contributed by atoms with Crippen LogP contribution < -0.4 is 20.5 Å². The summed E-state index contributed by atoms with van der Waals surface area (Å²) in [5.74, 6) is 1.19. The number of nitrogens with two attached hydrogens (primary N) is 1. The average molecular weight is 435 g/mol. The molecule has 0 aliphatic heterocycles. The van der Waals surface area contributed by atoms with E-state index in [-0.39, 0.29) is 24.3 Å². The van der Waals surface area contributed by atoms with E-state index < -0.39 is 5.97 Å². The lowest BCUT2D eigenvalue weighted by Crippen LogP contribution is -2.10. The van der Waals surface area contributed by atoms with Gasteiger partial charge in [-0.15, -0.1) is 0 Å². The summed E-state index contributed by atoms with van der Waals surface area (Å²) in [6.45, 7) is 4.27. The Labute approximate surface area is 186 Å². The Bertz CT molecular complexity index is 1100. The van der Waals surface area contributed by atoms with Crippen LogP contribution in [-0.4, -0.2) is 34.6 Å². The number of hydrogen-bond acceptors (Lipinski definition) is 9. The van der Waals surface area contributed by atoms with Gasteiger partial charge in [0.1, 0.15) is 0 Å². The molecule has 3 aromatic rings. The number of hydrogen-bond donors (Lipinski definition) is 2. The van der Waals surface area contributed by atoms with E-state index in [9.17, 15) is 4.79 Å². The van der Waals surface area contributed by atoms with Gasteiger partial charge in [-0.2, -0.15) is 15.0 Å². The second-order valence-electron chi connectivity index (χ2n) is 6.71. The quantitative estimate of drug-likeness (QED) is 0.383. The minimum atomic E-state index is -0.551. The van der Waals surface area contributed by atoms with E-state index in [4.69, 9.17) is 19.9 Å². The molecule has 0 saturated heterocycles. The molecule has 0 aliphatic rings. The number of carbonyl (C=O) groups is 1. The predicted molar refractivity (Wildman–Crippen MR) is 122 cm³/mol. The van der Waals surface area contributed by atoms with Crippen LogP contribution in [0.15, 0.2) is 48.5 Å². The second-order valence-corrected chi connectivity index (χ2v) is 6.71. The maximum Gasteiger partial charge on any atom is 0.331 e. The number of methoxy groups -OCH3 is 1. The number of benzene rings is 2. The van der Waals surface area contributed by atoms with Gasteiger partial charge in [-0.3, -0.25) is 0 Å². The zero-order valence-electron chi connectivity index (χ0n) is 18.2. The van der Waals surface area contributed by atoms with Gasteiger partial charge in [0.25, 0.3) is 0 Å². The van der Waals surface area contributed by atoms with E-state index in [1.54, 1.807) is 25.3 Å². The van der Waals surface area contributed by atoms with Gasteiger partial charge in [-0.1, -0.05) is 23.8 Å². The number of rotatable bonds is 9. The molecule has 9 heteroatoms. The molecule has 9 nitrogen and oxygen atoms in total. The van der Waals surface area contributed by atoms with Crippen molar-refractivity contribution >= 4 is 29.6 Å². The monoisotopic (exact) mass is 435 g/mol. The number of nitrogens with zero attached hydrogens (tertiary/aromatic N) is 3. The smallest absolute Gasteiger partial charge is 0.331 e. The third-order valence-corrected chi connectivity index (χ3v) is 4.25. The third-order valence-electron chi connectivity index (χ3n) is 4.25. The number of carbonyl (C=O) groups excluding carboxylic acids is 1. The molecule has 1 aromatic heterocycles. The number of nitrogen functional groups attached to an aromatic ring is 1. The van der Waals surface area contributed by atoms with Gasteiger partial charge in [0.05, 0.1) is 13.7 Å². The fourth-order valence-electron chi connectivity index (χ4n) is 2.74. The van der Waals surface area contributed by atoms with Gasteiger partial charge in [0.15, 0.2) is 23.9 Å². The number of aromatic nitrogens is 3. The van der Waals surface area contributed by atoms with Crippen molar-refractivity contribution in [2.24, 2.45) is 0 Å². The molecule has 2 aromatic carbocycles. The Morgan fingerprint density at radius 3 is 2.59 bits per heavy atom. The van der Waals surface area contributed by atoms with Gasteiger partial charge in [-0.25, -0.2) is 4.79 Å². The molecule has 3 N–H and O–H groups in total. The van der Waals surface area contributed by atoms with Crippen LogP contribution in [0.2, 0.25) is 0 Å². The van der Waals surface area contributed by atoms with Gasteiger partial charge in [0.2, 0.25) is 11.9 Å². The van der Waals surface area contributed by atoms with E-state index in [0.29, 0.717) is 18.1 Å². The molecule has 0 unspecified atom stereocenters. The highest BCUT2D eigenvalue weighted by Gasteiger charge is 2.08. The molecule has 0 radical (unpaired) electrons. The van der Waals surface area contributed by atoms with Crippen LogP contribution in [0.3, 0.4) is 0 Å². The molecule has 0 aliphatic carbocycles. The number of nitrogens with one attached hydrogen (secondary N) is 1. The Balaban J connectivity index is 1.60. The van der Waals surface area contributed by atoms with Crippen molar-refractivity contribution in [2.45, 2.75) is 20.5 Å². The first-order valence-corrected chi connectivity index (χ1v) is 9.96. The molecule has 0 spiro atoms. The summed E-state index contributed by atoms with van der Waals surface area (Å²) in [5, 5.41) is 3.05. The third kappa shape index (κ3) is 6.43. The summed E-state index contributed by atoms with van der Waals surface area (Å²) in [4.78, 5) is 24.4. The first-order chi connectivity index (χ1) is 15.5. The highest BCUT2D eigenvalue weighted by molar-refractivity contribution is 5.87. The summed E-state index contributed by atoms with van der Waals surface area (Å²) < 4.78 is 16.0. The van der Waals surface area contributed by atoms with E-state index in [0.717, 1.165) is 16.8 Å². The topological polar surface area (TPSA) is 121 Å². The maximum atomic E-state index is 12.1. The summed E-state index contributed by atoms with van der Waals surface area (Å²) in [7, 11) is 1.56. The lowest BCUT2D eigenvalue weighted by molar-refractivity contribution is -0.139. The standard InChI is InChI=1S/C23H25N5O4/c1-4-31-18-11-7-16(13-19(18)30-3)8-12-21(29)32-14-20-26-22(24)28-23(27-20)25-17-9-5-15(2)6-10-17/h5-13H,4,14H2,1-3H3,(H3,24,25,26,27,28)/b12-8+. The zero-order chi connectivity index (χ0) is 22.9. The number of ether oxygens (including phenoxy) is 3. The zero-order valence-corrected chi connectivity index (χ0v) is 18.2. The Morgan fingerprint density at radius 1 is 1.09 bits per heavy atom. The Hall–Kier alpha value is -4.14. The molecule has 0 bridgehead atoms. The van der Waals surface area contributed by atoms with Crippen molar-refractivity contribution in [1.82, 2.24) is 15.0 Å².